The van der Waals surface area contributed by atoms with Gasteiger partial charge in [0.25, 0.3) is 0 Å². The van der Waals surface area contributed by atoms with Crippen molar-refractivity contribution in [2.45, 2.75) is 26.6 Å². The molecule has 1 aromatic heterocycles. The summed E-state index contributed by atoms with van der Waals surface area (Å²) in [5.74, 6) is 0.866. The number of carbonyl (C=O) groups is 2. The van der Waals surface area contributed by atoms with E-state index in [0.717, 1.165) is 60.5 Å². The number of benzene rings is 1. The van der Waals surface area contributed by atoms with Gasteiger partial charge >= 0.3 is 0 Å². The first-order valence-electron chi connectivity index (χ1n) is 12.2. The van der Waals surface area contributed by atoms with Gasteiger partial charge in [-0.2, -0.15) is 0 Å². The van der Waals surface area contributed by atoms with Crippen LogP contribution in [0.3, 0.4) is 0 Å². The zero-order chi connectivity index (χ0) is 25.9. The van der Waals surface area contributed by atoms with E-state index >= 15 is 0 Å². The molecular formula is C28H36N6O2. The maximum Gasteiger partial charge on any atom is 0.236 e. The number of piperazine rings is 1. The third kappa shape index (κ3) is 7.44. The fourth-order valence-electron chi connectivity index (χ4n) is 4.12. The van der Waals surface area contributed by atoms with Crippen LogP contribution in [0, 0.1) is 0 Å². The summed E-state index contributed by atoms with van der Waals surface area (Å²) in [4.78, 5) is 38.0. The molecule has 8 nitrogen and oxygen atoms in total. The third-order valence-electron chi connectivity index (χ3n) is 6.33. The summed E-state index contributed by atoms with van der Waals surface area (Å²) in [6.07, 6.45) is 9.83. The molecule has 1 atom stereocenters. The van der Waals surface area contributed by atoms with Gasteiger partial charge in [-0.3, -0.25) is 19.5 Å². The van der Waals surface area contributed by atoms with E-state index in [1.54, 1.807) is 24.2 Å². The molecule has 36 heavy (non-hydrogen) atoms. The second kappa shape index (κ2) is 13.5. The highest BCUT2D eigenvalue weighted by Crippen LogP contribution is 2.18. The van der Waals surface area contributed by atoms with Crippen molar-refractivity contribution in [1.82, 2.24) is 14.8 Å². The number of hydrogen-bond acceptors (Lipinski definition) is 7. The molecule has 0 spiro atoms. The minimum absolute atomic E-state index is 0.0119. The average Bonchev–Trinajstić information content (AvgIpc) is 2.92. The van der Waals surface area contributed by atoms with Crippen molar-refractivity contribution >= 4 is 35.9 Å². The summed E-state index contributed by atoms with van der Waals surface area (Å²) < 4.78 is 0. The predicted molar refractivity (Wildman–Crippen MR) is 147 cm³/mol. The summed E-state index contributed by atoms with van der Waals surface area (Å²) >= 11 is 0. The lowest BCUT2D eigenvalue weighted by Crippen LogP contribution is -2.49. The summed E-state index contributed by atoms with van der Waals surface area (Å²) in [5.41, 5.74) is 9.55. The van der Waals surface area contributed by atoms with E-state index in [1.165, 1.54) is 6.08 Å². The van der Waals surface area contributed by atoms with Gasteiger partial charge in [-0.05, 0) is 60.4 Å². The first kappa shape index (κ1) is 27.0. The van der Waals surface area contributed by atoms with Gasteiger partial charge in [-0.1, -0.05) is 30.4 Å². The lowest BCUT2D eigenvalue weighted by Gasteiger charge is -2.37. The van der Waals surface area contributed by atoms with E-state index in [4.69, 9.17) is 10.7 Å². The number of pyridine rings is 1. The van der Waals surface area contributed by atoms with Crippen molar-refractivity contribution in [2.75, 3.05) is 44.7 Å². The van der Waals surface area contributed by atoms with Crippen LogP contribution in [0.5, 0.6) is 0 Å². The molecule has 1 amide bonds. The molecule has 0 bridgehead atoms. The zero-order valence-electron chi connectivity index (χ0n) is 21.4. The van der Waals surface area contributed by atoms with Crippen molar-refractivity contribution in [1.29, 1.82) is 0 Å². The molecule has 1 unspecified atom stereocenters. The number of carbonyl (C=O) groups excluding carboxylic acids is 2. The highest BCUT2D eigenvalue weighted by molar-refractivity contribution is 6.09. The standard InChI is InChI=1S/C28H36N6O2/c1-4-25(26-9-5-7-24(17-26)21-32(3)28(36)18-29)20-30-22(2)33-12-14-34(15-13-33)27-11-10-23(19-31-27)8-6-16-35/h4-11,16-17,19-20,22H,12-15,18,21,29H2,1-3H3/b8-6+,25-4+,30-20-. The van der Waals surface area contributed by atoms with Crippen LogP contribution in [0.4, 0.5) is 5.82 Å². The number of rotatable bonds is 10. The van der Waals surface area contributed by atoms with Crippen LogP contribution in [-0.2, 0) is 16.1 Å². The molecule has 0 aliphatic carbocycles. The van der Waals surface area contributed by atoms with Crippen LogP contribution < -0.4 is 10.6 Å². The Kier molecular flexibility index (Phi) is 10.1. The first-order chi connectivity index (χ1) is 17.4. The van der Waals surface area contributed by atoms with Crippen molar-refractivity contribution in [2.24, 2.45) is 10.7 Å². The molecule has 1 saturated heterocycles. The smallest absolute Gasteiger partial charge is 0.236 e. The highest BCUT2D eigenvalue weighted by atomic mass is 16.2. The molecule has 190 valence electrons. The van der Waals surface area contributed by atoms with E-state index in [2.05, 4.69) is 39.9 Å². The zero-order valence-corrected chi connectivity index (χ0v) is 21.4. The van der Waals surface area contributed by atoms with E-state index in [1.807, 2.05) is 37.4 Å². The molecule has 2 N–H and O–H groups in total. The van der Waals surface area contributed by atoms with Gasteiger partial charge in [-0.25, -0.2) is 4.98 Å². The lowest BCUT2D eigenvalue weighted by molar-refractivity contribution is -0.128. The Morgan fingerprint density at radius 1 is 1.22 bits per heavy atom. The topological polar surface area (TPSA) is 95.1 Å². The predicted octanol–water partition coefficient (Wildman–Crippen LogP) is 2.85. The van der Waals surface area contributed by atoms with Crippen molar-refractivity contribution in [3.05, 3.63) is 71.4 Å². The Balaban J connectivity index is 1.56. The molecule has 0 saturated carbocycles. The van der Waals surface area contributed by atoms with Crippen molar-refractivity contribution in [3.8, 4) is 0 Å². The minimum atomic E-state index is -0.0818. The molecule has 1 aromatic carbocycles. The minimum Gasteiger partial charge on any atom is -0.354 e. The van der Waals surface area contributed by atoms with Gasteiger partial charge < -0.3 is 15.5 Å². The Bertz CT molecular complexity index is 1100. The van der Waals surface area contributed by atoms with Crippen LogP contribution in [-0.4, -0.2) is 79.1 Å². The quantitative estimate of drug-likeness (QED) is 0.314. The molecule has 2 heterocycles. The van der Waals surface area contributed by atoms with Gasteiger partial charge in [-0.15, -0.1) is 0 Å². The van der Waals surface area contributed by atoms with Crippen molar-refractivity contribution < 1.29 is 9.59 Å². The number of allylic oxidation sites excluding steroid dienone is 3. The number of nitrogens with zero attached hydrogens (tertiary/aromatic N) is 5. The number of anilines is 1. The van der Waals surface area contributed by atoms with Gasteiger partial charge in [0.15, 0.2) is 0 Å². The van der Waals surface area contributed by atoms with Crippen LogP contribution in [0.15, 0.2) is 59.7 Å². The van der Waals surface area contributed by atoms with Crippen LogP contribution in [0.2, 0.25) is 0 Å². The molecule has 2 aromatic rings. The molecular weight excluding hydrogens is 452 g/mol. The molecule has 0 radical (unpaired) electrons. The molecule has 1 fully saturated rings. The Labute approximate surface area is 213 Å². The van der Waals surface area contributed by atoms with E-state index < -0.39 is 0 Å². The van der Waals surface area contributed by atoms with E-state index in [0.29, 0.717) is 6.54 Å². The van der Waals surface area contributed by atoms with Crippen LogP contribution in [0.25, 0.3) is 11.6 Å². The monoisotopic (exact) mass is 488 g/mol. The second-order valence-electron chi connectivity index (χ2n) is 8.78. The lowest BCUT2D eigenvalue weighted by atomic mass is 10.0. The fourth-order valence-corrected chi connectivity index (χ4v) is 4.12. The maximum atomic E-state index is 11.8. The molecule has 8 heteroatoms. The van der Waals surface area contributed by atoms with Crippen LogP contribution >= 0.6 is 0 Å². The molecule has 1 aliphatic heterocycles. The second-order valence-corrected chi connectivity index (χ2v) is 8.78. The molecule has 1 aliphatic rings. The van der Waals surface area contributed by atoms with Gasteiger partial charge in [0.05, 0.1) is 12.7 Å². The SMILES string of the molecule is C/C=C(\C=N/C(C)N1CCN(c2ccc(/C=C/C=O)cn2)CC1)c1cccc(CN(C)C(=O)CN)c1. The average molecular weight is 489 g/mol. The number of hydrogen-bond donors (Lipinski definition) is 1. The number of aromatic nitrogens is 1. The summed E-state index contributed by atoms with van der Waals surface area (Å²) in [7, 11) is 1.76. The third-order valence-corrected chi connectivity index (χ3v) is 6.33. The summed E-state index contributed by atoms with van der Waals surface area (Å²) in [6.45, 7) is 8.21. The van der Waals surface area contributed by atoms with Gasteiger partial charge in [0.2, 0.25) is 5.91 Å². The Hall–Kier alpha value is -3.62. The number of nitrogens with two attached hydrogens (primary N) is 1. The van der Waals surface area contributed by atoms with Gasteiger partial charge in [0.1, 0.15) is 12.1 Å². The van der Waals surface area contributed by atoms with Crippen molar-refractivity contribution in [3.63, 3.8) is 0 Å². The maximum absolute atomic E-state index is 11.8. The van der Waals surface area contributed by atoms with Crippen LogP contribution in [0.1, 0.15) is 30.5 Å². The summed E-state index contributed by atoms with van der Waals surface area (Å²) in [6, 6.07) is 12.1. The van der Waals surface area contributed by atoms with E-state index in [9.17, 15) is 9.59 Å². The largest absolute Gasteiger partial charge is 0.354 e. The normalized spacial score (nSPS) is 16.0. The van der Waals surface area contributed by atoms with Gasteiger partial charge in [0, 0.05) is 52.2 Å². The number of aliphatic imine (C=N–C) groups is 1. The fraction of sp³-hybridized carbons (Fsp3) is 0.357. The summed E-state index contributed by atoms with van der Waals surface area (Å²) in [5, 5.41) is 0. The Morgan fingerprint density at radius 2 is 2.00 bits per heavy atom. The number of aldehydes is 1. The first-order valence-corrected chi connectivity index (χ1v) is 12.2. The number of likely N-dealkylation sites (N-methyl/N-ethyl adjacent to an activating group) is 1. The molecule has 3 rings (SSSR count). The number of amides is 1. The van der Waals surface area contributed by atoms with E-state index in [-0.39, 0.29) is 18.6 Å². The Morgan fingerprint density at radius 3 is 2.64 bits per heavy atom. The highest BCUT2D eigenvalue weighted by Gasteiger charge is 2.21.